The average Bonchev–Trinajstić information content (AvgIpc) is 3.19. The highest BCUT2D eigenvalue weighted by Gasteiger charge is 2.27. The molecule has 294 valence electrons. The Morgan fingerprint density at radius 3 is 1.89 bits per heavy atom. The van der Waals surface area contributed by atoms with Crippen LogP contribution in [0.5, 0.6) is 23.0 Å². The lowest BCUT2D eigenvalue weighted by atomic mass is 9.80. The number of ether oxygens (including phenoxy) is 4. The quantitative estimate of drug-likeness (QED) is 0.0393. The van der Waals surface area contributed by atoms with Gasteiger partial charge in [-0.2, -0.15) is 5.11 Å². The Kier molecular flexibility index (Phi) is 19.1. The zero-order valence-corrected chi connectivity index (χ0v) is 33.4. The second-order valence-corrected chi connectivity index (χ2v) is 14.7. The highest BCUT2D eigenvalue weighted by Crippen LogP contribution is 2.39. The first-order valence-electron chi connectivity index (χ1n) is 20.9. The van der Waals surface area contributed by atoms with Crippen LogP contribution in [0.3, 0.4) is 0 Å². The molecule has 54 heavy (non-hydrogen) atoms. The first kappa shape index (κ1) is 42.5. The zero-order valence-electron chi connectivity index (χ0n) is 33.4. The van der Waals surface area contributed by atoms with Gasteiger partial charge in [0.2, 0.25) is 0 Å². The van der Waals surface area contributed by atoms with Gasteiger partial charge >= 0.3 is 11.9 Å². The summed E-state index contributed by atoms with van der Waals surface area (Å²) in [6, 6.07) is 17.5. The number of benzene rings is 3. The van der Waals surface area contributed by atoms with Gasteiger partial charge in [0.05, 0.1) is 30.4 Å². The van der Waals surface area contributed by atoms with Gasteiger partial charge in [0.25, 0.3) is 0 Å². The summed E-state index contributed by atoms with van der Waals surface area (Å²) < 4.78 is 23.4. The van der Waals surface area contributed by atoms with E-state index in [1.165, 1.54) is 77.0 Å². The molecule has 0 saturated heterocycles. The summed E-state index contributed by atoms with van der Waals surface area (Å²) in [5.41, 5.74) is 2.26. The van der Waals surface area contributed by atoms with E-state index in [1.54, 1.807) is 60.7 Å². The molecular formula is C46H64N2O6. The minimum Gasteiger partial charge on any atom is -0.494 e. The molecule has 0 N–H and O–H groups in total. The summed E-state index contributed by atoms with van der Waals surface area (Å²) in [4.78, 5) is 26.0. The van der Waals surface area contributed by atoms with Crippen LogP contribution in [0, 0.1) is 18.8 Å². The molecule has 0 unspecified atom stereocenters. The van der Waals surface area contributed by atoms with Crippen LogP contribution in [-0.2, 0) is 4.79 Å². The van der Waals surface area contributed by atoms with Crippen molar-refractivity contribution in [3.63, 3.8) is 0 Å². The third-order valence-electron chi connectivity index (χ3n) is 10.4. The van der Waals surface area contributed by atoms with E-state index in [1.807, 2.05) is 13.8 Å². The van der Waals surface area contributed by atoms with E-state index >= 15 is 0 Å². The Morgan fingerprint density at radius 1 is 0.630 bits per heavy atom. The minimum atomic E-state index is -0.466. The molecule has 0 heterocycles. The summed E-state index contributed by atoms with van der Waals surface area (Å²) in [7, 11) is 0. The van der Waals surface area contributed by atoms with Crippen molar-refractivity contribution in [3.8, 4) is 23.0 Å². The van der Waals surface area contributed by atoms with Gasteiger partial charge in [-0.3, -0.25) is 4.79 Å². The Balaban J connectivity index is 1.36. The highest BCUT2D eigenvalue weighted by atomic mass is 16.5. The van der Waals surface area contributed by atoms with Crippen LogP contribution in [0.1, 0.15) is 152 Å². The molecule has 0 spiro atoms. The SMILES string of the molecule is CCCCCCCCCCCCOc1c(N=Nc2ccc(OC(=O)C3CCC(CCCCC)CC3)cc2)ccc(OC(=O)c2ccc(OCC)cc2)c1C. The molecule has 1 fully saturated rings. The minimum absolute atomic E-state index is 0.0306. The summed E-state index contributed by atoms with van der Waals surface area (Å²) in [6.07, 6.45) is 21.5. The smallest absolute Gasteiger partial charge is 0.343 e. The maximum absolute atomic E-state index is 13.1. The summed E-state index contributed by atoms with van der Waals surface area (Å²) in [5, 5.41) is 9.03. The molecule has 0 aromatic heterocycles. The van der Waals surface area contributed by atoms with Crippen LogP contribution in [0.15, 0.2) is 70.9 Å². The number of unbranched alkanes of at least 4 members (excludes halogenated alkanes) is 11. The fourth-order valence-electron chi connectivity index (χ4n) is 7.07. The number of carbonyl (C=O) groups is 2. The van der Waals surface area contributed by atoms with Crippen molar-refractivity contribution in [2.75, 3.05) is 13.2 Å². The lowest BCUT2D eigenvalue weighted by Crippen LogP contribution is -2.25. The van der Waals surface area contributed by atoms with Crippen LogP contribution >= 0.6 is 0 Å². The summed E-state index contributed by atoms with van der Waals surface area (Å²) >= 11 is 0. The van der Waals surface area contributed by atoms with Gasteiger partial charge in [0.15, 0.2) is 5.75 Å². The molecule has 1 saturated carbocycles. The molecule has 0 amide bonds. The third-order valence-corrected chi connectivity index (χ3v) is 10.4. The maximum atomic E-state index is 13.1. The second-order valence-electron chi connectivity index (χ2n) is 14.7. The molecule has 8 heteroatoms. The van der Waals surface area contributed by atoms with Gasteiger partial charge in [0, 0.05) is 5.56 Å². The van der Waals surface area contributed by atoms with E-state index < -0.39 is 5.97 Å². The molecule has 3 aromatic carbocycles. The van der Waals surface area contributed by atoms with Crippen molar-refractivity contribution in [2.45, 2.75) is 143 Å². The van der Waals surface area contributed by atoms with Crippen molar-refractivity contribution in [2.24, 2.45) is 22.1 Å². The first-order chi connectivity index (χ1) is 26.4. The van der Waals surface area contributed by atoms with Crippen LogP contribution < -0.4 is 18.9 Å². The topological polar surface area (TPSA) is 95.8 Å². The average molecular weight is 741 g/mol. The number of hydrogen-bond donors (Lipinski definition) is 0. The number of esters is 2. The van der Waals surface area contributed by atoms with Crippen LogP contribution in [0.25, 0.3) is 0 Å². The molecular weight excluding hydrogens is 677 g/mol. The Bertz CT molecular complexity index is 1560. The predicted molar refractivity (Wildman–Crippen MR) is 217 cm³/mol. The molecule has 0 aliphatic heterocycles. The van der Waals surface area contributed by atoms with E-state index in [-0.39, 0.29) is 11.9 Å². The van der Waals surface area contributed by atoms with Crippen LogP contribution in [0.4, 0.5) is 11.4 Å². The summed E-state index contributed by atoms with van der Waals surface area (Å²) in [5.74, 6) is 2.26. The van der Waals surface area contributed by atoms with Crippen molar-refractivity contribution >= 4 is 23.3 Å². The largest absolute Gasteiger partial charge is 0.494 e. The molecule has 0 atom stereocenters. The first-order valence-corrected chi connectivity index (χ1v) is 20.9. The van der Waals surface area contributed by atoms with Crippen molar-refractivity contribution in [1.82, 2.24) is 0 Å². The molecule has 4 rings (SSSR count). The van der Waals surface area contributed by atoms with Crippen LogP contribution in [-0.4, -0.2) is 25.2 Å². The fraction of sp³-hybridized carbons (Fsp3) is 0.565. The van der Waals surface area contributed by atoms with Crippen LogP contribution in [0.2, 0.25) is 0 Å². The number of carbonyl (C=O) groups excluding carboxylic acids is 2. The molecule has 8 nitrogen and oxygen atoms in total. The van der Waals surface area contributed by atoms with Gasteiger partial charge in [0.1, 0.15) is 22.9 Å². The Morgan fingerprint density at radius 2 is 1.24 bits per heavy atom. The summed E-state index contributed by atoms with van der Waals surface area (Å²) in [6.45, 7) is 9.35. The Hall–Kier alpha value is -4.20. The molecule has 0 radical (unpaired) electrons. The molecule has 3 aromatic rings. The van der Waals surface area contributed by atoms with E-state index in [2.05, 4.69) is 24.1 Å². The molecule has 1 aliphatic rings. The molecule has 1 aliphatic carbocycles. The van der Waals surface area contributed by atoms with E-state index in [0.29, 0.717) is 58.7 Å². The van der Waals surface area contributed by atoms with Gasteiger partial charge in [-0.25, -0.2) is 4.79 Å². The predicted octanol–water partition coefficient (Wildman–Crippen LogP) is 13.6. The standard InChI is InChI=1S/C46H64N2O6/c1-5-8-10-11-12-13-14-15-16-18-34-52-44-35(4)43(54-46(50)38-24-28-40(29-25-38)51-7-3)33-32-42(44)48-47-39-26-30-41(31-27-39)53-45(49)37-22-20-36(21-23-37)19-17-9-6-2/h24-33,36-37H,5-23,34H2,1-4H3. The lowest BCUT2D eigenvalue weighted by molar-refractivity contribution is -0.140. The fourth-order valence-corrected chi connectivity index (χ4v) is 7.07. The third kappa shape index (κ3) is 14.6. The number of azo groups is 1. The number of rotatable bonds is 24. The van der Waals surface area contributed by atoms with Gasteiger partial charge in [-0.1, -0.05) is 97.3 Å². The van der Waals surface area contributed by atoms with Gasteiger partial charge < -0.3 is 18.9 Å². The van der Waals surface area contributed by atoms with Gasteiger partial charge in [-0.05, 0) is 113 Å². The monoisotopic (exact) mass is 740 g/mol. The van der Waals surface area contributed by atoms with E-state index in [4.69, 9.17) is 18.9 Å². The zero-order chi connectivity index (χ0) is 38.4. The number of hydrogen-bond acceptors (Lipinski definition) is 8. The van der Waals surface area contributed by atoms with Crippen molar-refractivity contribution in [3.05, 3.63) is 71.8 Å². The van der Waals surface area contributed by atoms with Gasteiger partial charge in [-0.15, -0.1) is 5.11 Å². The molecule has 0 bridgehead atoms. The Labute approximate surface area is 324 Å². The normalized spacial score (nSPS) is 15.6. The lowest BCUT2D eigenvalue weighted by Gasteiger charge is -2.27. The van der Waals surface area contributed by atoms with E-state index in [9.17, 15) is 9.59 Å². The van der Waals surface area contributed by atoms with Crippen molar-refractivity contribution in [1.29, 1.82) is 0 Å². The maximum Gasteiger partial charge on any atom is 0.343 e. The number of nitrogens with zero attached hydrogens (tertiary/aromatic N) is 2. The highest BCUT2D eigenvalue weighted by molar-refractivity contribution is 5.91. The second kappa shape index (κ2) is 24.3. The van der Waals surface area contributed by atoms with E-state index in [0.717, 1.165) is 44.4 Å². The van der Waals surface area contributed by atoms with Crippen molar-refractivity contribution < 1.29 is 28.5 Å².